The molecular weight excluding hydrogens is 124 g/mol. The standard InChI is InChI=1S/C4H10N2OS/c5-4(8)3-6-1-2-7/h6-7H,1-3H2,(H2,5,8). The van der Waals surface area contributed by atoms with Crippen molar-refractivity contribution in [3.8, 4) is 0 Å². The first-order valence-electron chi connectivity index (χ1n) is 2.37. The first-order valence-corrected chi connectivity index (χ1v) is 2.78. The Hall–Kier alpha value is -0.190. The van der Waals surface area contributed by atoms with Gasteiger partial charge in [0.25, 0.3) is 0 Å². The van der Waals surface area contributed by atoms with Crippen LogP contribution in [0.1, 0.15) is 0 Å². The molecule has 4 N–H and O–H groups in total. The lowest BCUT2D eigenvalue weighted by Crippen LogP contribution is -2.28. The van der Waals surface area contributed by atoms with Crippen LogP contribution in [0.3, 0.4) is 0 Å². The fraction of sp³-hybridized carbons (Fsp3) is 0.750. The topological polar surface area (TPSA) is 58.3 Å². The molecule has 0 aliphatic heterocycles. The van der Waals surface area contributed by atoms with E-state index >= 15 is 0 Å². The van der Waals surface area contributed by atoms with Crippen molar-refractivity contribution in [2.75, 3.05) is 19.7 Å². The van der Waals surface area contributed by atoms with E-state index in [1.54, 1.807) is 0 Å². The van der Waals surface area contributed by atoms with Gasteiger partial charge < -0.3 is 16.2 Å². The van der Waals surface area contributed by atoms with Gasteiger partial charge in [0.2, 0.25) is 0 Å². The van der Waals surface area contributed by atoms with Crippen LogP contribution in [0.2, 0.25) is 0 Å². The maximum atomic E-state index is 8.23. The average Bonchev–Trinajstić information content (AvgIpc) is 1.66. The van der Waals surface area contributed by atoms with E-state index in [0.29, 0.717) is 18.1 Å². The first kappa shape index (κ1) is 7.81. The second-order valence-electron chi connectivity index (χ2n) is 1.37. The molecule has 0 atom stereocenters. The molecule has 0 aliphatic rings. The van der Waals surface area contributed by atoms with Crippen LogP contribution >= 0.6 is 12.2 Å². The van der Waals surface area contributed by atoms with Crippen molar-refractivity contribution in [3.63, 3.8) is 0 Å². The highest BCUT2D eigenvalue weighted by atomic mass is 32.1. The zero-order valence-electron chi connectivity index (χ0n) is 4.55. The summed E-state index contributed by atoms with van der Waals surface area (Å²) in [6.07, 6.45) is 0. The lowest BCUT2D eigenvalue weighted by atomic mass is 10.6. The second-order valence-corrected chi connectivity index (χ2v) is 1.89. The summed E-state index contributed by atoms with van der Waals surface area (Å²) in [5.74, 6) is 0. The molecule has 0 saturated carbocycles. The van der Waals surface area contributed by atoms with Crippen LogP contribution in [0, 0.1) is 0 Å². The quantitative estimate of drug-likeness (QED) is 0.336. The minimum Gasteiger partial charge on any atom is -0.395 e. The highest BCUT2D eigenvalue weighted by Gasteiger charge is 1.84. The van der Waals surface area contributed by atoms with Gasteiger partial charge >= 0.3 is 0 Å². The van der Waals surface area contributed by atoms with Crippen LogP contribution in [-0.2, 0) is 0 Å². The Morgan fingerprint density at radius 1 is 1.75 bits per heavy atom. The Morgan fingerprint density at radius 2 is 2.38 bits per heavy atom. The van der Waals surface area contributed by atoms with E-state index in [-0.39, 0.29) is 6.61 Å². The molecule has 0 heterocycles. The lowest BCUT2D eigenvalue weighted by molar-refractivity contribution is 0.295. The van der Waals surface area contributed by atoms with Crippen molar-refractivity contribution in [2.24, 2.45) is 5.73 Å². The normalized spacial score (nSPS) is 9.12. The Bertz CT molecular complexity index is 76.4. The second kappa shape index (κ2) is 4.96. The van der Waals surface area contributed by atoms with Crippen molar-refractivity contribution in [3.05, 3.63) is 0 Å². The molecule has 4 heteroatoms. The van der Waals surface area contributed by atoms with Crippen LogP contribution in [0.4, 0.5) is 0 Å². The lowest BCUT2D eigenvalue weighted by Gasteiger charge is -1.97. The summed E-state index contributed by atoms with van der Waals surface area (Å²) < 4.78 is 0. The molecule has 0 radical (unpaired) electrons. The van der Waals surface area contributed by atoms with Crippen LogP contribution in [0.5, 0.6) is 0 Å². The summed E-state index contributed by atoms with van der Waals surface area (Å²) in [5, 5.41) is 11.1. The predicted octanol–water partition coefficient (Wildman–Crippen LogP) is -1.15. The largest absolute Gasteiger partial charge is 0.395 e. The van der Waals surface area contributed by atoms with Gasteiger partial charge in [0.15, 0.2) is 0 Å². The number of rotatable bonds is 4. The number of hydrogen-bond acceptors (Lipinski definition) is 3. The smallest absolute Gasteiger partial charge is 0.0867 e. The molecule has 0 bridgehead atoms. The summed E-state index contributed by atoms with van der Waals surface area (Å²) >= 11 is 4.54. The van der Waals surface area contributed by atoms with Gasteiger partial charge in [-0.15, -0.1) is 0 Å². The number of aliphatic hydroxyl groups is 1. The molecule has 0 fully saturated rings. The third kappa shape index (κ3) is 5.81. The van der Waals surface area contributed by atoms with Crippen molar-refractivity contribution in [1.29, 1.82) is 0 Å². The summed E-state index contributed by atoms with van der Waals surface area (Å²) in [7, 11) is 0. The van der Waals surface area contributed by atoms with E-state index in [2.05, 4.69) is 17.5 Å². The molecule has 48 valence electrons. The van der Waals surface area contributed by atoms with E-state index in [4.69, 9.17) is 10.8 Å². The third-order valence-corrected chi connectivity index (χ3v) is 0.732. The van der Waals surface area contributed by atoms with Crippen molar-refractivity contribution < 1.29 is 5.11 Å². The van der Waals surface area contributed by atoms with E-state index in [9.17, 15) is 0 Å². The van der Waals surface area contributed by atoms with Crippen molar-refractivity contribution >= 4 is 17.2 Å². The number of thiocarbonyl (C=S) groups is 1. The molecule has 0 aromatic rings. The number of nitrogens with two attached hydrogens (primary N) is 1. The van der Waals surface area contributed by atoms with Gasteiger partial charge in [-0.1, -0.05) is 12.2 Å². The van der Waals surface area contributed by atoms with Crippen molar-refractivity contribution in [2.45, 2.75) is 0 Å². The number of hydrogen-bond donors (Lipinski definition) is 3. The Balaban J connectivity index is 2.82. The molecule has 0 amide bonds. The molecule has 0 unspecified atom stereocenters. The van der Waals surface area contributed by atoms with E-state index in [1.807, 2.05) is 0 Å². The molecule has 0 aromatic heterocycles. The van der Waals surface area contributed by atoms with Gasteiger partial charge in [0.1, 0.15) is 0 Å². The fourth-order valence-electron chi connectivity index (χ4n) is 0.291. The molecule has 8 heavy (non-hydrogen) atoms. The third-order valence-electron chi connectivity index (χ3n) is 0.588. The van der Waals surface area contributed by atoms with Crippen LogP contribution in [0.15, 0.2) is 0 Å². The zero-order chi connectivity index (χ0) is 6.41. The van der Waals surface area contributed by atoms with Gasteiger partial charge in [0.05, 0.1) is 11.6 Å². The Kier molecular flexibility index (Phi) is 4.84. The molecule has 0 aromatic carbocycles. The molecule has 3 nitrogen and oxygen atoms in total. The van der Waals surface area contributed by atoms with Gasteiger partial charge in [-0.05, 0) is 0 Å². The molecule has 0 spiro atoms. The molecule has 0 rings (SSSR count). The van der Waals surface area contributed by atoms with Gasteiger partial charge in [0, 0.05) is 13.1 Å². The zero-order valence-corrected chi connectivity index (χ0v) is 5.37. The number of nitrogens with one attached hydrogen (secondary N) is 1. The first-order chi connectivity index (χ1) is 3.77. The van der Waals surface area contributed by atoms with E-state index < -0.39 is 0 Å². The van der Waals surface area contributed by atoms with Crippen LogP contribution in [-0.4, -0.2) is 29.8 Å². The predicted molar refractivity (Wildman–Crippen MR) is 36.7 cm³/mol. The minimum atomic E-state index is 0.128. The monoisotopic (exact) mass is 134 g/mol. The van der Waals surface area contributed by atoms with Gasteiger partial charge in [-0.3, -0.25) is 0 Å². The molecular formula is C4H10N2OS. The SMILES string of the molecule is NC(=S)CNCCO. The molecule has 0 saturated heterocycles. The van der Waals surface area contributed by atoms with Crippen LogP contribution in [0.25, 0.3) is 0 Å². The Morgan fingerprint density at radius 3 is 2.75 bits per heavy atom. The fourth-order valence-corrected chi connectivity index (χ4v) is 0.393. The molecule has 0 aliphatic carbocycles. The van der Waals surface area contributed by atoms with E-state index in [1.165, 1.54) is 0 Å². The van der Waals surface area contributed by atoms with E-state index in [0.717, 1.165) is 0 Å². The minimum absolute atomic E-state index is 0.128. The maximum Gasteiger partial charge on any atom is 0.0867 e. The van der Waals surface area contributed by atoms with Crippen LogP contribution < -0.4 is 11.1 Å². The summed E-state index contributed by atoms with van der Waals surface area (Å²) in [5.41, 5.74) is 5.12. The average molecular weight is 134 g/mol. The van der Waals surface area contributed by atoms with Gasteiger partial charge in [-0.2, -0.15) is 0 Å². The summed E-state index contributed by atoms with van der Waals surface area (Å²) in [6, 6.07) is 0. The summed E-state index contributed by atoms with van der Waals surface area (Å²) in [4.78, 5) is 0.429. The van der Waals surface area contributed by atoms with Gasteiger partial charge in [-0.25, -0.2) is 0 Å². The highest BCUT2D eigenvalue weighted by molar-refractivity contribution is 7.80. The maximum absolute atomic E-state index is 8.23. The van der Waals surface area contributed by atoms with Crippen molar-refractivity contribution in [1.82, 2.24) is 5.32 Å². The highest BCUT2D eigenvalue weighted by Crippen LogP contribution is 1.60. The Labute approximate surface area is 53.9 Å². The number of aliphatic hydroxyl groups excluding tert-OH is 1. The summed E-state index contributed by atoms with van der Waals surface area (Å²) in [6.45, 7) is 1.19.